The van der Waals surface area contributed by atoms with Crippen LogP contribution in [0.5, 0.6) is 5.75 Å². The fraction of sp³-hybridized carbons (Fsp3) is 0.304. The van der Waals surface area contributed by atoms with Crippen molar-refractivity contribution in [3.63, 3.8) is 0 Å². The van der Waals surface area contributed by atoms with Crippen LogP contribution in [-0.2, 0) is 6.54 Å². The third-order valence-corrected chi connectivity index (χ3v) is 5.55. The number of carbonyl (C=O) groups is 2. The minimum atomic E-state index is -0.854. The standard InChI is InChI=1S/C23H25FN6O3/c1-33-14-7-8-16-18(10-14)29-21(28-16)17(6-3-9-26-19(25)11-24)30-22(31)15-5-2-4-13-12-27-23(32)20(13)15/h2,4-5,7-8,10,17H,3,6,9,11-12H2,1H3,(H2,25,26)(H,27,32)(H,28,29)(H,30,31). The Labute approximate surface area is 189 Å². The van der Waals surface area contributed by atoms with Gasteiger partial charge in [-0.15, -0.1) is 0 Å². The van der Waals surface area contributed by atoms with E-state index in [-0.39, 0.29) is 17.6 Å². The van der Waals surface area contributed by atoms with Crippen molar-refractivity contribution in [3.05, 3.63) is 58.9 Å². The molecule has 5 N–H and O–H groups in total. The van der Waals surface area contributed by atoms with Crippen molar-refractivity contribution < 1.29 is 18.7 Å². The van der Waals surface area contributed by atoms with E-state index in [0.29, 0.717) is 54.1 Å². The molecule has 1 atom stereocenters. The number of amidine groups is 1. The Kier molecular flexibility index (Phi) is 6.53. The van der Waals surface area contributed by atoms with Gasteiger partial charge >= 0.3 is 0 Å². The van der Waals surface area contributed by atoms with Crippen molar-refractivity contribution in [2.45, 2.75) is 25.4 Å². The normalized spacial score (nSPS) is 13.3. The van der Waals surface area contributed by atoms with Gasteiger partial charge in [-0.1, -0.05) is 12.1 Å². The van der Waals surface area contributed by atoms with Gasteiger partial charge in [0.2, 0.25) is 0 Å². The first-order chi connectivity index (χ1) is 16.0. The van der Waals surface area contributed by atoms with Crippen LogP contribution in [0.2, 0.25) is 0 Å². The summed E-state index contributed by atoms with van der Waals surface area (Å²) in [6.45, 7) is -0.0740. The molecular formula is C23H25FN6O3. The molecule has 0 bridgehead atoms. The van der Waals surface area contributed by atoms with Crippen molar-refractivity contribution in [1.82, 2.24) is 25.9 Å². The van der Waals surface area contributed by atoms with Crippen molar-refractivity contribution in [2.75, 3.05) is 20.3 Å². The molecule has 0 spiro atoms. The summed E-state index contributed by atoms with van der Waals surface area (Å²) in [5.74, 6) is 0.399. The van der Waals surface area contributed by atoms with Crippen molar-refractivity contribution in [1.29, 1.82) is 5.41 Å². The van der Waals surface area contributed by atoms with Crippen LogP contribution in [0.1, 0.15) is 51.0 Å². The van der Waals surface area contributed by atoms with Crippen LogP contribution in [0.4, 0.5) is 4.39 Å². The van der Waals surface area contributed by atoms with E-state index < -0.39 is 12.7 Å². The molecule has 1 aromatic heterocycles. The predicted octanol–water partition coefficient (Wildman–Crippen LogP) is 2.60. The highest BCUT2D eigenvalue weighted by Gasteiger charge is 2.27. The van der Waals surface area contributed by atoms with Crippen LogP contribution < -0.4 is 20.7 Å². The summed E-state index contributed by atoms with van der Waals surface area (Å²) in [6.07, 6.45) is 1.04. The molecule has 0 fully saturated rings. The van der Waals surface area contributed by atoms with E-state index in [2.05, 4.69) is 25.9 Å². The molecule has 0 radical (unpaired) electrons. The van der Waals surface area contributed by atoms with Gasteiger partial charge < -0.3 is 25.7 Å². The first kappa shape index (κ1) is 22.3. The van der Waals surface area contributed by atoms with E-state index in [0.717, 1.165) is 11.1 Å². The lowest BCUT2D eigenvalue weighted by Gasteiger charge is -2.18. The maximum Gasteiger partial charge on any atom is 0.252 e. The average Bonchev–Trinajstić information content (AvgIpc) is 3.43. The van der Waals surface area contributed by atoms with Crippen LogP contribution in [0.3, 0.4) is 0 Å². The zero-order valence-corrected chi connectivity index (χ0v) is 18.1. The third kappa shape index (κ3) is 4.79. The summed E-state index contributed by atoms with van der Waals surface area (Å²) >= 11 is 0. The van der Waals surface area contributed by atoms with Gasteiger partial charge in [-0.25, -0.2) is 9.37 Å². The topological polar surface area (TPSA) is 132 Å². The lowest BCUT2D eigenvalue weighted by Crippen LogP contribution is -2.32. The summed E-state index contributed by atoms with van der Waals surface area (Å²) in [5.41, 5.74) is 2.97. The van der Waals surface area contributed by atoms with E-state index >= 15 is 0 Å². The Balaban J connectivity index is 1.58. The molecule has 2 aromatic carbocycles. The summed E-state index contributed by atoms with van der Waals surface area (Å²) in [4.78, 5) is 33.3. The predicted molar refractivity (Wildman–Crippen MR) is 121 cm³/mol. The quantitative estimate of drug-likeness (QED) is 0.193. The number of ether oxygens (including phenoxy) is 1. The number of amides is 2. The lowest BCUT2D eigenvalue weighted by molar-refractivity contribution is 0.0912. The number of alkyl halides is 1. The fourth-order valence-electron chi connectivity index (χ4n) is 3.87. The highest BCUT2D eigenvalue weighted by Crippen LogP contribution is 2.25. The minimum Gasteiger partial charge on any atom is -0.497 e. The molecular weight excluding hydrogens is 427 g/mol. The number of imidazole rings is 1. The van der Waals surface area contributed by atoms with Gasteiger partial charge in [0.25, 0.3) is 11.8 Å². The Morgan fingerprint density at radius 3 is 2.97 bits per heavy atom. The lowest BCUT2D eigenvalue weighted by atomic mass is 10.0. The summed E-state index contributed by atoms with van der Waals surface area (Å²) < 4.78 is 17.8. The van der Waals surface area contributed by atoms with E-state index in [4.69, 9.17) is 10.1 Å². The largest absolute Gasteiger partial charge is 0.497 e. The van der Waals surface area contributed by atoms with Crippen LogP contribution >= 0.6 is 0 Å². The van der Waals surface area contributed by atoms with Gasteiger partial charge in [-0.05, 0) is 36.6 Å². The summed E-state index contributed by atoms with van der Waals surface area (Å²) in [5, 5.41) is 15.8. The van der Waals surface area contributed by atoms with Crippen molar-refractivity contribution >= 4 is 28.7 Å². The second-order valence-corrected chi connectivity index (χ2v) is 7.73. The molecule has 3 aromatic rings. The number of halogens is 1. The van der Waals surface area contributed by atoms with Gasteiger partial charge in [0.15, 0.2) is 0 Å². The number of nitrogens with one attached hydrogen (secondary N) is 5. The van der Waals surface area contributed by atoms with Crippen molar-refractivity contribution in [3.8, 4) is 5.75 Å². The van der Waals surface area contributed by atoms with Crippen LogP contribution in [0.25, 0.3) is 11.0 Å². The zero-order chi connectivity index (χ0) is 23.4. The van der Waals surface area contributed by atoms with Gasteiger partial charge in [0.1, 0.15) is 24.1 Å². The molecule has 1 unspecified atom stereocenters. The smallest absolute Gasteiger partial charge is 0.252 e. The molecule has 0 saturated heterocycles. The third-order valence-electron chi connectivity index (χ3n) is 5.55. The highest BCUT2D eigenvalue weighted by atomic mass is 19.1. The van der Waals surface area contributed by atoms with Gasteiger partial charge in [0, 0.05) is 19.2 Å². The Morgan fingerprint density at radius 2 is 2.18 bits per heavy atom. The number of methoxy groups -OCH3 is 1. The molecule has 1 aliphatic rings. The van der Waals surface area contributed by atoms with Gasteiger partial charge in [0.05, 0.1) is 35.3 Å². The molecule has 2 heterocycles. The molecule has 0 aliphatic carbocycles. The maximum absolute atomic E-state index is 13.2. The van der Waals surface area contributed by atoms with E-state index in [9.17, 15) is 14.0 Å². The molecule has 4 rings (SSSR count). The van der Waals surface area contributed by atoms with E-state index in [1.165, 1.54) is 0 Å². The number of hydrogen-bond acceptors (Lipinski definition) is 5. The molecule has 2 amide bonds. The van der Waals surface area contributed by atoms with Crippen LogP contribution in [-0.4, -0.2) is 47.9 Å². The second kappa shape index (κ2) is 9.68. The van der Waals surface area contributed by atoms with Gasteiger partial charge in [-0.3, -0.25) is 15.0 Å². The maximum atomic E-state index is 13.2. The fourth-order valence-corrected chi connectivity index (χ4v) is 3.87. The number of hydrogen-bond donors (Lipinski definition) is 5. The Hall–Kier alpha value is -3.95. The van der Waals surface area contributed by atoms with Crippen molar-refractivity contribution in [2.24, 2.45) is 0 Å². The SMILES string of the molecule is COc1ccc2[nH]c(C(CCCNC(=N)CF)NC(=O)c3cccc4c3C(=O)NC4)nc2c1. The van der Waals surface area contributed by atoms with Crippen LogP contribution in [0.15, 0.2) is 36.4 Å². The number of fused-ring (bicyclic) bond motifs is 2. The number of rotatable bonds is 9. The number of benzene rings is 2. The number of H-pyrrole nitrogens is 1. The Morgan fingerprint density at radius 1 is 1.33 bits per heavy atom. The summed E-state index contributed by atoms with van der Waals surface area (Å²) in [6, 6.07) is 10.2. The van der Waals surface area contributed by atoms with E-state index in [1.54, 1.807) is 25.3 Å². The van der Waals surface area contributed by atoms with E-state index in [1.807, 2.05) is 18.2 Å². The highest BCUT2D eigenvalue weighted by molar-refractivity contribution is 6.09. The molecule has 9 nitrogen and oxygen atoms in total. The molecule has 0 saturated carbocycles. The molecule has 172 valence electrons. The number of aromatic amines is 1. The Bertz CT molecular complexity index is 1210. The number of nitrogens with zero attached hydrogens (tertiary/aromatic N) is 1. The molecule has 1 aliphatic heterocycles. The first-order valence-corrected chi connectivity index (χ1v) is 10.6. The first-order valence-electron chi connectivity index (χ1n) is 10.6. The minimum absolute atomic E-state index is 0.183. The monoisotopic (exact) mass is 452 g/mol. The zero-order valence-electron chi connectivity index (χ0n) is 18.1. The van der Waals surface area contributed by atoms with Crippen LogP contribution in [0, 0.1) is 5.41 Å². The molecule has 33 heavy (non-hydrogen) atoms. The average molecular weight is 452 g/mol. The second-order valence-electron chi connectivity index (χ2n) is 7.73. The summed E-state index contributed by atoms with van der Waals surface area (Å²) in [7, 11) is 1.58. The number of carbonyl (C=O) groups excluding carboxylic acids is 2. The van der Waals surface area contributed by atoms with Gasteiger partial charge in [-0.2, -0.15) is 0 Å². The number of aromatic nitrogens is 2. The molecule has 10 heteroatoms.